The van der Waals surface area contributed by atoms with Crippen LogP contribution in [0.25, 0.3) is 0 Å². The van der Waals surface area contributed by atoms with E-state index in [0.29, 0.717) is 0 Å². The number of likely N-dealkylation sites (tertiary alicyclic amines) is 1. The van der Waals surface area contributed by atoms with E-state index in [-0.39, 0.29) is 6.04 Å². The Balaban J connectivity index is 2.46. The van der Waals surface area contributed by atoms with Crippen molar-refractivity contribution in [2.45, 2.75) is 25.8 Å². The van der Waals surface area contributed by atoms with Gasteiger partial charge in [0.05, 0.1) is 6.26 Å². The number of hydrogen-bond donors (Lipinski definition) is 0. The van der Waals surface area contributed by atoms with E-state index in [9.17, 15) is 8.42 Å². The zero-order chi connectivity index (χ0) is 12.3. The second-order valence-corrected chi connectivity index (χ2v) is 6.79. The molecule has 0 aromatic heterocycles. The van der Waals surface area contributed by atoms with Crippen LogP contribution in [-0.4, -0.2) is 56.6 Å². The van der Waals surface area contributed by atoms with E-state index in [4.69, 9.17) is 0 Å². The predicted molar refractivity (Wildman–Crippen MR) is 66.9 cm³/mol. The summed E-state index contributed by atoms with van der Waals surface area (Å²) in [5.74, 6) is 0. The average molecular weight is 246 g/mol. The normalized spacial score (nSPS) is 20.2. The summed E-state index contributed by atoms with van der Waals surface area (Å²) in [6.45, 7) is 8.75. The fourth-order valence-electron chi connectivity index (χ4n) is 2.09. The van der Waals surface area contributed by atoms with Gasteiger partial charge in [0.15, 0.2) is 0 Å². The van der Waals surface area contributed by atoms with E-state index in [0.717, 1.165) is 38.0 Å². The SMILES string of the molecule is C=C(C)CN1CCC(N(C)S(C)(=O)=O)CC1. The molecular formula is C11H22N2O2S. The molecule has 1 heterocycles. The molecule has 0 aromatic carbocycles. The van der Waals surface area contributed by atoms with Crippen LogP contribution in [0.4, 0.5) is 0 Å². The van der Waals surface area contributed by atoms with Crippen LogP contribution < -0.4 is 0 Å². The molecule has 1 fully saturated rings. The lowest BCUT2D eigenvalue weighted by molar-refractivity contribution is 0.181. The summed E-state index contributed by atoms with van der Waals surface area (Å²) in [5.41, 5.74) is 1.16. The highest BCUT2D eigenvalue weighted by atomic mass is 32.2. The highest BCUT2D eigenvalue weighted by molar-refractivity contribution is 7.88. The Labute approximate surface area is 99.0 Å². The quantitative estimate of drug-likeness (QED) is 0.693. The zero-order valence-corrected chi connectivity index (χ0v) is 11.3. The first kappa shape index (κ1) is 13.7. The lowest BCUT2D eigenvalue weighted by Crippen LogP contribution is -2.45. The molecular weight excluding hydrogens is 224 g/mol. The van der Waals surface area contributed by atoms with Gasteiger partial charge in [-0.05, 0) is 32.9 Å². The summed E-state index contributed by atoms with van der Waals surface area (Å²) in [4.78, 5) is 2.33. The molecule has 94 valence electrons. The number of hydrogen-bond acceptors (Lipinski definition) is 3. The van der Waals surface area contributed by atoms with Gasteiger partial charge in [-0.25, -0.2) is 12.7 Å². The summed E-state index contributed by atoms with van der Waals surface area (Å²) in [7, 11) is -1.37. The fraction of sp³-hybridized carbons (Fsp3) is 0.818. The standard InChI is InChI=1S/C11H22N2O2S/c1-10(2)9-13-7-5-11(6-8-13)12(3)16(4,14)15/h11H,1,5-9H2,2-4H3. The molecule has 16 heavy (non-hydrogen) atoms. The molecule has 1 aliphatic heterocycles. The highest BCUT2D eigenvalue weighted by Gasteiger charge is 2.26. The van der Waals surface area contributed by atoms with Crippen molar-refractivity contribution in [3.8, 4) is 0 Å². The Kier molecular flexibility index (Phi) is 4.52. The lowest BCUT2D eigenvalue weighted by Gasteiger charge is -2.35. The Hall–Kier alpha value is -0.390. The van der Waals surface area contributed by atoms with Crippen molar-refractivity contribution in [3.05, 3.63) is 12.2 Å². The van der Waals surface area contributed by atoms with Gasteiger partial charge in [-0.1, -0.05) is 12.2 Å². The van der Waals surface area contributed by atoms with Crippen LogP contribution in [0.3, 0.4) is 0 Å². The van der Waals surface area contributed by atoms with Crippen molar-refractivity contribution in [2.75, 3.05) is 32.9 Å². The third-order valence-corrected chi connectivity index (χ3v) is 4.43. The number of sulfonamides is 1. The number of rotatable bonds is 4. The van der Waals surface area contributed by atoms with Crippen LogP contribution in [0, 0.1) is 0 Å². The van der Waals surface area contributed by atoms with Gasteiger partial charge in [0.1, 0.15) is 0 Å². The van der Waals surface area contributed by atoms with Crippen molar-refractivity contribution < 1.29 is 8.42 Å². The van der Waals surface area contributed by atoms with E-state index >= 15 is 0 Å². The van der Waals surface area contributed by atoms with Crippen LogP contribution in [0.15, 0.2) is 12.2 Å². The second kappa shape index (κ2) is 5.29. The van der Waals surface area contributed by atoms with Gasteiger partial charge < -0.3 is 0 Å². The van der Waals surface area contributed by atoms with Crippen molar-refractivity contribution in [2.24, 2.45) is 0 Å². The minimum Gasteiger partial charge on any atom is -0.299 e. The van der Waals surface area contributed by atoms with E-state index in [1.54, 1.807) is 7.05 Å². The summed E-state index contributed by atoms with van der Waals surface area (Å²) in [6, 6.07) is 0.163. The van der Waals surface area contributed by atoms with E-state index in [2.05, 4.69) is 11.5 Å². The molecule has 0 aromatic rings. The van der Waals surface area contributed by atoms with E-state index in [1.807, 2.05) is 6.92 Å². The molecule has 0 bridgehead atoms. The van der Waals surface area contributed by atoms with Gasteiger partial charge in [0.2, 0.25) is 10.0 Å². The molecule has 5 heteroatoms. The second-order valence-electron chi connectivity index (χ2n) is 4.74. The third-order valence-electron chi connectivity index (χ3n) is 3.09. The first-order valence-electron chi connectivity index (χ1n) is 5.60. The Morgan fingerprint density at radius 1 is 1.44 bits per heavy atom. The summed E-state index contributed by atoms with van der Waals surface area (Å²) < 4.78 is 24.3. The van der Waals surface area contributed by atoms with Gasteiger partial charge >= 0.3 is 0 Å². The molecule has 0 N–H and O–H groups in total. The summed E-state index contributed by atoms with van der Waals surface area (Å²) >= 11 is 0. The molecule has 0 radical (unpaired) electrons. The van der Waals surface area contributed by atoms with Gasteiger partial charge in [0.25, 0.3) is 0 Å². The molecule has 0 saturated carbocycles. The minimum atomic E-state index is -3.05. The zero-order valence-electron chi connectivity index (χ0n) is 10.4. The molecule has 0 unspecified atom stereocenters. The van der Waals surface area contributed by atoms with E-state index in [1.165, 1.54) is 10.6 Å². The summed E-state index contributed by atoms with van der Waals surface area (Å²) in [6.07, 6.45) is 3.10. The van der Waals surface area contributed by atoms with Crippen LogP contribution in [-0.2, 0) is 10.0 Å². The van der Waals surface area contributed by atoms with Gasteiger partial charge in [-0.15, -0.1) is 0 Å². The van der Waals surface area contributed by atoms with Gasteiger partial charge in [0, 0.05) is 19.6 Å². The molecule has 4 nitrogen and oxygen atoms in total. The van der Waals surface area contributed by atoms with Crippen LogP contribution in [0.1, 0.15) is 19.8 Å². The lowest BCUT2D eigenvalue weighted by atomic mass is 10.1. The summed E-state index contributed by atoms with van der Waals surface area (Å²) in [5, 5.41) is 0. The first-order chi connectivity index (χ1) is 7.30. The van der Waals surface area contributed by atoms with E-state index < -0.39 is 10.0 Å². The number of nitrogens with zero attached hydrogens (tertiary/aromatic N) is 2. The third kappa shape index (κ3) is 3.88. The Morgan fingerprint density at radius 3 is 2.31 bits per heavy atom. The van der Waals surface area contributed by atoms with Gasteiger partial charge in [-0.2, -0.15) is 0 Å². The largest absolute Gasteiger partial charge is 0.299 e. The molecule has 0 amide bonds. The molecule has 0 aliphatic carbocycles. The molecule has 0 atom stereocenters. The Morgan fingerprint density at radius 2 is 1.94 bits per heavy atom. The highest BCUT2D eigenvalue weighted by Crippen LogP contribution is 2.17. The average Bonchev–Trinajstić information content (AvgIpc) is 2.15. The molecule has 1 rings (SSSR count). The van der Waals surface area contributed by atoms with Crippen molar-refractivity contribution in [1.29, 1.82) is 0 Å². The maximum Gasteiger partial charge on any atom is 0.211 e. The van der Waals surface area contributed by atoms with Crippen LogP contribution in [0.2, 0.25) is 0 Å². The van der Waals surface area contributed by atoms with Crippen molar-refractivity contribution >= 4 is 10.0 Å². The number of piperidine rings is 1. The van der Waals surface area contributed by atoms with Gasteiger partial charge in [-0.3, -0.25) is 4.90 Å². The Bertz CT molecular complexity index is 343. The first-order valence-corrected chi connectivity index (χ1v) is 7.45. The fourth-order valence-corrected chi connectivity index (χ4v) is 2.85. The smallest absolute Gasteiger partial charge is 0.211 e. The van der Waals surface area contributed by atoms with Crippen molar-refractivity contribution in [1.82, 2.24) is 9.21 Å². The van der Waals surface area contributed by atoms with Crippen LogP contribution in [0.5, 0.6) is 0 Å². The predicted octanol–water partition coefficient (Wildman–Crippen LogP) is 0.918. The topological polar surface area (TPSA) is 40.6 Å². The molecule has 0 spiro atoms. The maximum atomic E-state index is 11.4. The maximum absolute atomic E-state index is 11.4. The minimum absolute atomic E-state index is 0.163. The van der Waals surface area contributed by atoms with Crippen LogP contribution >= 0.6 is 0 Å². The molecule has 1 saturated heterocycles. The van der Waals surface area contributed by atoms with Crippen molar-refractivity contribution in [3.63, 3.8) is 0 Å². The molecule has 1 aliphatic rings. The monoisotopic (exact) mass is 246 g/mol.